The first-order valence-corrected chi connectivity index (χ1v) is 9.69. The summed E-state index contributed by atoms with van der Waals surface area (Å²) in [5.74, 6) is 0.0395. The van der Waals surface area contributed by atoms with Crippen LogP contribution in [-0.4, -0.2) is 67.7 Å². The molecule has 4 rings (SSSR count). The van der Waals surface area contributed by atoms with Gasteiger partial charge in [0.05, 0.1) is 0 Å². The minimum Gasteiger partial charge on any atom is -0.345 e. The Morgan fingerprint density at radius 1 is 1.26 bits per heavy atom. The lowest BCUT2D eigenvalue weighted by Crippen LogP contribution is -2.42. The SMILES string of the molecule is CC(Nc1nc(-c2c[nH]c3ncncc23)nc(N2CCCC2)n1)C(=O)NCC(F)(F)F. The quantitative estimate of drug-likeness (QED) is 0.536. The van der Waals surface area contributed by atoms with Crippen molar-refractivity contribution in [2.75, 3.05) is 29.9 Å². The molecule has 0 aliphatic carbocycles. The second kappa shape index (κ2) is 8.32. The summed E-state index contributed by atoms with van der Waals surface area (Å²) in [6.45, 7) is 1.59. The van der Waals surface area contributed by atoms with Crippen molar-refractivity contribution in [3.05, 3.63) is 18.7 Å². The second-order valence-electron chi connectivity index (χ2n) is 7.16. The molecule has 0 saturated carbocycles. The van der Waals surface area contributed by atoms with E-state index in [1.165, 1.54) is 13.3 Å². The molecular formula is C18H20F3N9O. The molecule has 13 heteroatoms. The van der Waals surface area contributed by atoms with Gasteiger partial charge in [-0.1, -0.05) is 0 Å². The van der Waals surface area contributed by atoms with Gasteiger partial charge in [-0.3, -0.25) is 4.79 Å². The molecule has 1 unspecified atom stereocenters. The van der Waals surface area contributed by atoms with Crippen LogP contribution in [0, 0.1) is 0 Å². The summed E-state index contributed by atoms with van der Waals surface area (Å²) in [4.78, 5) is 38.6. The van der Waals surface area contributed by atoms with E-state index >= 15 is 0 Å². The van der Waals surface area contributed by atoms with Crippen molar-refractivity contribution in [2.24, 2.45) is 0 Å². The van der Waals surface area contributed by atoms with Crippen molar-refractivity contribution in [2.45, 2.75) is 32.0 Å². The normalized spacial score (nSPS) is 15.3. The molecule has 0 radical (unpaired) electrons. The van der Waals surface area contributed by atoms with Crippen LogP contribution in [0.5, 0.6) is 0 Å². The van der Waals surface area contributed by atoms with Crippen molar-refractivity contribution in [3.8, 4) is 11.4 Å². The van der Waals surface area contributed by atoms with E-state index in [0.29, 0.717) is 28.4 Å². The van der Waals surface area contributed by atoms with Gasteiger partial charge in [0.2, 0.25) is 17.8 Å². The van der Waals surface area contributed by atoms with Gasteiger partial charge in [0.1, 0.15) is 24.6 Å². The van der Waals surface area contributed by atoms with Gasteiger partial charge in [-0.05, 0) is 19.8 Å². The Balaban J connectivity index is 1.63. The lowest BCUT2D eigenvalue weighted by atomic mass is 10.2. The van der Waals surface area contributed by atoms with E-state index in [1.807, 2.05) is 10.2 Å². The van der Waals surface area contributed by atoms with Crippen LogP contribution < -0.4 is 15.5 Å². The minimum atomic E-state index is -4.49. The smallest absolute Gasteiger partial charge is 0.345 e. The van der Waals surface area contributed by atoms with Crippen LogP contribution >= 0.6 is 0 Å². The highest BCUT2D eigenvalue weighted by atomic mass is 19.4. The van der Waals surface area contributed by atoms with Gasteiger partial charge >= 0.3 is 6.18 Å². The molecule has 1 amide bonds. The van der Waals surface area contributed by atoms with Gasteiger partial charge in [0.25, 0.3) is 0 Å². The average molecular weight is 435 g/mol. The fourth-order valence-corrected chi connectivity index (χ4v) is 3.25. The van der Waals surface area contributed by atoms with Crippen LogP contribution in [0.4, 0.5) is 25.1 Å². The Morgan fingerprint density at radius 2 is 2.03 bits per heavy atom. The monoisotopic (exact) mass is 435 g/mol. The van der Waals surface area contributed by atoms with E-state index in [1.54, 1.807) is 12.4 Å². The molecule has 3 N–H and O–H groups in total. The number of nitrogens with one attached hydrogen (secondary N) is 3. The van der Waals surface area contributed by atoms with E-state index < -0.39 is 24.7 Å². The number of hydrogen-bond acceptors (Lipinski definition) is 8. The van der Waals surface area contributed by atoms with Crippen molar-refractivity contribution >= 4 is 28.8 Å². The van der Waals surface area contributed by atoms with Gasteiger partial charge in [0.15, 0.2) is 5.82 Å². The van der Waals surface area contributed by atoms with Crippen molar-refractivity contribution in [1.29, 1.82) is 0 Å². The fourth-order valence-electron chi connectivity index (χ4n) is 3.25. The number of carbonyl (C=O) groups is 1. The third kappa shape index (κ3) is 4.81. The van der Waals surface area contributed by atoms with Gasteiger partial charge in [-0.15, -0.1) is 0 Å². The Labute approximate surface area is 174 Å². The van der Waals surface area contributed by atoms with E-state index in [0.717, 1.165) is 25.9 Å². The zero-order chi connectivity index (χ0) is 22.0. The number of halogens is 3. The predicted octanol–water partition coefficient (Wildman–Crippen LogP) is 1.89. The number of nitrogens with zero attached hydrogens (tertiary/aromatic N) is 6. The Bertz CT molecular complexity index is 1080. The Hall–Kier alpha value is -3.51. The first-order valence-electron chi connectivity index (χ1n) is 9.69. The van der Waals surface area contributed by atoms with E-state index in [-0.39, 0.29) is 5.95 Å². The van der Waals surface area contributed by atoms with E-state index in [9.17, 15) is 18.0 Å². The first-order chi connectivity index (χ1) is 14.8. The number of alkyl halides is 3. The molecule has 31 heavy (non-hydrogen) atoms. The zero-order valence-corrected chi connectivity index (χ0v) is 16.6. The number of aromatic nitrogens is 6. The molecule has 4 heterocycles. The standard InChI is InChI=1S/C18H20F3N9O/c1-10(15(31)24-8-18(19,20)21)26-16-27-14(28-17(29-16)30-4-2-3-5-30)12-7-23-13-11(12)6-22-9-25-13/h6-7,9-10H,2-5,8H2,1H3,(H,24,31)(H,22,23,25)(H,26,27,28,29). The fraction of sp³-hybridized carbons (Fsp3) is 0.444. The summed E-state index contributed by atoms with van der Waals surface area (Å²) in [5.41, 5.74) is 1.26. The summed E-state index contributed by atoms with van der Waals surface area (Å²) in [7, 11) is 0. The third-order valence-corrected chi connectivity index (χ3v) is 4.81. The summed E-state index contributed by atoms with van der Waals surface area (Å²) in [6, 6.07) is -0.990. The minimum absolute atomic E-state index is 0.0905. The second-order valence-corrected chi connectivity index (χ2v) is 7.16. The number of hydrogen-bond donors (Lipinski definition) is 3. The molecule has 0 aromatic carbocycles. The number of H-pyrrole nitrogens is 1. The van der Waals surface area contributed by atoms with Crippen LogP contribution in [-0.2, 0) is 4.79 Å². The van der Waals surface area contributed by atoms with Crippen LogP contribution in [0.1, 0.15) is 19.8 Å². The number of aromatic amines is 1. The molecule has 1 aliphatic rings. The van der Waals surface area contributed by atoms with Crippen molar-refractivity contribution in [1.82, 2.24) is 35.2 Å². The topological polar surface area (TPSA) is 125 Å². The lowest BCUT2D eigenvalue weighted by molar-refractivity contribution is -0.138. The van der Waals surface area contributed by atoms with Crippen molar-refractivity contribution < 1.29 is 18.0 Å². The molecular weight excluding hydrogens is 415 g/mol. The number of anilines is 2. The number of fused-ring (bicyclic) bond motifs is 1. The van der Waals surface area contributed by atoms with E-state index in [2.05, 4.69) is 35.2 Å². The van der Waals surface area contributed by atoms with Gasteiger partial charge in [0, 0.05) is 36.4 Å². The molecule has 3 aromatic heterocycles. The number of rotatable bonds is 6. The number of amides is 1. The highest BCUT2D eigenvalue weighted by molar-refractivity contribution is 5.91. The van der Waals surface area contributed by atoms with Crippen LogP contribution in [0.25, 0.3) is 22.4 Å². The first kappa shape index (κ1) is 20.8. The maximum absolute atomic E-state index is 12.4. The number of carbonyl (C=O) groups excluding carboxylic acids is 1. The molecule has 1 atom stereocenters. The predicted molar refractivity (Wildman–Crippen MR) is 106 cm³/mol. The molecule has 1 aliphatic heterocycles. The van der Waals surface area contributed by atoms with Crippen molar-refractivity contribution in [3.63, 3.8) is 0 Å². The molecule has 1 saturated heterocycles. The summed E-state index contributed by atoms with van der Waals surface area (Å²) >= 11 is 0. The summed E-state index contributed by atoms with van der Waals surface area (Å²) in [6.07, 6.45) is 2.26. The molecule has 0 spiro atoms. The van der Waals surface area contributed by atoms with Crippen LogP contribution in [0.3, 0.4) is 0 Å². The lowest BCUT2D eigenvalue weighted by Gasteiger charge is -2.19. The third-order valence-electron chi connectivity index (χ3n) is 4.81. The van der Waals surface area contributed by atoms with Gasteiger partial charge in [-0.25, -0.2) is 9.97 Å². The molecule has 1 fully saturated rings. The molecule has 0 bridgehead atoms. The van der Waals surface area contributed by atoms with E-state index in [4.69, 9.17) is 0 Å². The molecule has 164 valence electrons. The largest absolute Gasteiger partial charge is 0.405 e. The highest BCUT2D eigenvalue weighted by Gasteiger charge is 2.29. The summed E-state index contributed by atoms with van der Waals surface area (Å²) in [5, 5.41) is 5.34. The molecule has 3 aromatic rings. The average Bonchev–Trinajstić information content (AvgIpc) is 3.41. The Morgan fingerprint density at radius 3 is 2.77 bits per heavy atom. The van der Waals surface area contributed by atoms with Crippen LogP contribution in [0.15, 0.2) is 18.7 Å². The maximum atomic E-state index is 12.4. The molecule has 10 nitrogen and oxygen atoms in total. The van der Waals surface area contributed by atoms with Gasteiger partial charge < -0.3 is 20.5 Å². The zero-order valence-electron chi connectivity index (χ0n) is 16.6. The maximum Gasteiger partial charge on any atom is 0.405 e. The van der Waals surface area contributed by atoms with Crippen LogP contribution in [0.2, 0.25) is 0 Å². The Kier molecular flexibility index (Phi) is 5.57. The summed E-state index contributed by atoms with van der Waals surface area (Å²) < 4.78 is 37.1. The highest BCUT2D eigenvalue weighted by Crippen LogP contribution is 2.27. The van der Waals surface area contributed by atoms with Gasteiger partial charge in [-0.2, -0.15) is 28.1 Å².